The van der Waals surface area contributed by atoms with Gasteiger partial charge >= 0.3 is 0 Å². The normalized spacial score (nSPS) is 10.4. The molecule has 2 heterocycles. The Kier molecular flexibility index (Phi) is 4.94. The molecule has 4 aromatic rings. The van der Waals surface area contributed by atoms with Crippen molar-refractivity contribution in [1.29, 1.82) is 0 Å². The first-order valence-corrected chi connectivity index (χ1v) is 9.28. The Morgan fingerprint density at radius 1 is 0.893 bits per heavy atom. The Bertz CT molecular complexity index is 1090. The zero-order chi connectivity index (χ0) is 19.3. The fraction of sp³-hybridized carbons (Fsp3) is 0. The number of rotatable bonds is 5. The van der Waals surface area contributed by atoms with Crippen LogP contribution in [0.25, 0.3) is 5.69 Å². The molecule has 0 bridgehead atoms. The van der Waals surface area contributed by atoms with Gasteiger partial charge in [0.25, 0.3) is 11.8 Å². The Balaban J connectivity index is 1.44. The zero-order valence-corrected chi connectivity index (χ0v) is 15.4. The molecule has 4 rings (SSSR count). The average Bonchev–Trinajstić information content (AvgIpc) is 3.43. The predicted octanol–water partition coefficient (Wildman–Crippen LogP) is 3.83. The van der Waals surface area contributed by atoms with E-state index in [0.717, 1.165) is 5.69 Å². The van der Waals surface area contributed by atoms with Gasteiger partial charge in [-0.2, -0.15) is 5.10 Å². The summed E-state index contributed by atoms with van der Waals surface area (Å²) in [6.07, 6.45) is 3.06. The number of benzene rings is 2. The molecule has 7 nitrogen and oxygen atoms in total. The van der Waals surface area contributed by atoms with Gasteiger partial charge in [-0.25, -0.2) is 9.67 Å². The predicted molar refractivity (Wildman–Crippen MR) is 108 cm³/mol. The molecule has 0 atom stereocenters. The van der Waals surface area contributed by atoms with Gasteiger partial charge in [0.1, 0.15) is 12.7 Å². The molecule has 0 unspecified atom stereocenters. The van der Waals surface area contributed by atoms with Crippen LogP contribution < -0.4 is 10.6 Å². The third-order valence-corrected chi connectivity index (χ3v) is 4.80. The zero-order valence-electron chi connectivity index (χ0n) is 14.6. The molecule has 0 aliphatic carbocycles. The number of anilines is 2. The summed E-state index contributed by atoms with van der Waals surface area (Å²) in [5.41, 5.74) is 2.51. The van der Waals surface area contributed by atoms with Gasteiger partial charge in [0.2, 0.25) is 0 Å². The van der Waals surface area contributed by atoms with Crippen molar-refractivity contribution in [2.45, 2.75) is 0 Å². The van der Waals surface area contributed by atoms with Crippen molar-refractivity contribution in [2.24, 2.45) is 0 Å². The van der Waals surface area contributed by atoms with Crippen LogP contribution in [-0.4, -0.2) is 26.6 Å². The van der Waals surface area contributed by atoms with Crippen molar-refractivity contribution in [3.05, 3.63) is 89.1 Å². The quantitative estimate of drug-likeness (QED) is 0.543. The molecule has 0 radical (unpaired) electrons. The summed E-state index contributed by atoms with van der Waals surface area (Å²) >= 11 is 1.36. The van der Waals surface area contributed by atoms with E-state index < -0.39 is 0 Å². The molecule has 0 fully saturated rings. The van der Waals surface area contributed by atoms with Crippen LogP contribution in [0.3, 0.4) is 0 Å². The van der Waals surface area contributed by atoms with Gasteiger partial charge < -0.3 is 10.6 Å². The maximum atomic E-state index is 12.5. The van der Waals surface area contributed by atoms with Crippen molar-refractivity contribution in [3.8, 4) is 5.69 Å². The Morgan fingerprint density at radius 3 is 2.43 bits per heavy atom. The Morgan fingerprint density at radius 2 is 1.71 bits per heavy atom. The summed E-state index contributed by atoms with van der Waals surface area (Å²) in [7, 11) is 0. The summed E-state index contributed by atoms with van der Waals surface area (Å²) in [5, 5.41) is 11.5. The summed E-state index contributed by atoms with van der Waals surface area (Å²) in [6.45, 7) is 0. The number of carbonyl (C=O) groups is 2. The van der Waals surface area contributed by atoms with Gasteiger partial charge in [0, 0.05) is 16.9 Å². The Hall–Kier alpha value is -3.78. The third-order valence-electron chi connectivity index (χ3n) is 3.94. The fourth-order valence-corrected chi connectivity index (χ4v) is 3.20. The molecular weight excluding hydrogens is 374 g/mol. The molecule has 138 valence electrons. The van der Waals surface area contributed by atoms with Gasteiger partial charge in [-0.1, -0.05) is 12.1 Å². The highest BCUT2D eigenvalue weighted by Gasteiger charge is 2.10. The number of thiophene rings is 1. The van der Waals surface area contributed by atoms with Crippen molar-refractivity contribution >= 4 is 34.5 Å². The molecule has 0 aliphatic heterocycles. The van der Waals surface area contributed by atoms with Crippen LogP contribution in [0.4, 0.5) is 11.4 Å². The highest BCUT2D eigenvalue weighted by molar-refractivity contribution is 7.12. The molecule has 0 saturated carbocycles. The molecule has 28 heavy (non-hydrogen) atoms. The topological polar surface area (TPSA) is 88.9 Å². The van der Waals surface area contributed by atoms with E-state index in [1.165, 1.54) is 17.7 Å². The lowest BCUT2D eigenvalue weighted by atomic mass is 10.1. The molecule has 2 N–H and O–H groups in total. The van der Waals surface area contributed by atoms with E-state index >= 15 is 0 Å². The summed E-state index contributed by atoms with van der Waals surface area (Å²) in [5.74, 6) is -0.461. The van der Waals surface area contributed by atoms with Crippen LogP contribution >= 0.6 is 11.3 Å². The van der Waals surface area contributed by atoms with Gasteiger partial charge in [-0.3, -0.25) is 9.59 Å². The van der Waals surface area contributed by atoms with Crippen LogP contribution in [0.15, 0.2) is 78.7 Å². The number of hydrogen-bond donors (Lipinski definition) is 2. The van der Waals surface area contributed by atoms with Crippen LogP contribution in [0.1, 0.15) is 20.0 Å². The standard InChI is InChI=1S/C20H15N5O2S/c26-19(23-15-6-8-17(9-7-15)25-13-21-12-22-25)14-3-1-4-16(11-14)24-20(27)18-5-2-10-28-18/h1-13H,(H,23,26)(H,24,27). The van der Waals surface area contributed by atoms with Gasteiger partial charge in [-0.15, -0.1) is 11.3 Å². The van der Waals surface area contributed by atoms with Gasteiger partial charge in [0.15, 0.2) is 0 Å². The molecule has 0 spiro atoms. The summed E-state index contributed by atoms with van der Waals surface area (Å²) < 4.78 is 1.63. The largest absolute Gasteiger partial charge is 0.322 e. The second kappa shape index (κ2) is 7.85. The van der Waals surface area contributed by atoms with E-state index in [1.54, 1.807) is 53.5 Å². The number of aromatic nitrogens is 3. The van der Waals surface area contributed by atoms with Crippen LogP contribution in [-0.2, 0) is 0 Å². The molecule has 8 heteroatoms. The molecule has 2 aromatic carbocycles. The third kappa shape index (κ3) is 3.97. The van der Waals surface area contributed by atoms with E-state index in [9.17, 15) is 9.59 Å². The van der Waals surface area contributed by atoms with Crippen molar-refractivity contribution < 1.29 is 9.59 Å². The lowest BCUT2D eigenvalue weighted by molar-refractivity contribution is 0.101. The number of amides is 2. The van der Waals surface area contributed by atoms with Crippen molar-refractivity contribution in [1.82, 2.24) is 14.8 Å². The van der Waals surface area contributed by atoms with Crippen molar-refractivity contribution in [3.63, 3.8) is 0 Å². The van der Waals surface area contributed by atoms with Crippen LogP contribution in [0, 0.1) is 0 Å². The first kappa shape index (κ1) is 17.6. The second-order valence-corrected chi connectivity index (χ2v) is 6.80. The fourth-order valence-electron chi connectivity index (χ4n) is 2.58. The monoisotopic (exact) mass is 389 g/mol. The SMILES string of the molecule is O=C(Nc1ccc(-n2cncn2)cc1)c1cccc(NC(=O)c2cccs2)c1. The minimum atomic E-state index is -0.263. The summed E-state index contributed by atoms with van der Waals surface area (Å²) in [4.78, 5) is 29.2. The minimum Gasteiger partial charge on any atom is -0.322 e. The highest BCUT2D eigenvalue weighted by Crippen LogP contribution is 2.17. The Labute approximate surface area is 164 Å². The van der Waals surface area contributed by atoms with Crippen molar-refractivity contribution in [2.75, 3.05) is 10.6 Å². The minimum absolute atomic E-state index is 0.198. The van der Waals surface area contributed by atoms with E-state index in [4.69, 9.17) is 0 Å². The molecular formula is C20H15N5O2S. The lowest BCUT2D eigenvalue weighted by Gasteiger charge is -2.09. The highest BCUT2D eigenvalue weighted by atomic mass is 32.1. The van der Waals surface area contributed by atoms with Gasteiger partial charge in [0.05, 0.1) is 10.6 Å². The lowest BCUT2D eigenvalue weighted by Crippen LogP contribution is -2.14. The number of carbonyl (C=O) groups excluding carboxylic acids is 2. The first-order valence-electron chi connectivity index (χ1n) is 8.40. The summed E-state index contributed by atoms with van der Waals surface area (Å²) in [6, 6.07) is 17.6. The second-order valence-electron chi connectivity index (χ2n) is 5.85. The van der Waals surface area contributed by atoms with Gasteiger partial charge in [-0.05, 0) is 53.9 Å². The number of nitrogens with zero attached hydrogens (tertiary/aromatic N) is 3. The number of nitrogens with one attached hydrogen (secondary N) is 2. The maximum absolute atomic E-state index is 12.5. The van der Waals surface area contributed by atoms with Crippen LogP contribution in [0.5, 0.6) is 0 Å². The van der Waals surface area contributed by atoms with E-state index in [2.05, 4.69) is 20.7 Å². The average molecular weight is 389 g/mol. The number of hydrogen-bond acceptors (Lipinski definition) is 5. The molecule has 2 aromatic heterocycles. The molecule has 2 amide bonds. The first-order chi connectivity index (χ1) is 13.7. The van der Waals surface area contributed by atoms with Crippen LogP contribution in [0.2, 0.25) is 0 Å². The van der Waals surface area contributed by atoms with E-state index in [-0.39, 0.29) is 11.8 Å². The smallest absolute Gasteiger partial charge is 0.265 e. The van der Waals surface area contributed by atoms with E-state index in [1.807, 2.05) is 23.6 Å². The molecule has 0 saturated heterocycles. The molecule has 0 aliphatic rings. The van der Waals surface area contributed by atoms with E-state index in [0.29, 0.717) is 21.8 Å². The maximum Gasteiger partial charge on any atom is 0.265 e.